The number of amides is 1. The summed E-state index contributed by atoms with van der Waals surface area (Å²) in [7, 11) is -3.37. The van der Waals surface area contributed by atoms with Crippen molar-refractivity contribution in [3.05, 3.63) is 53.8 Å². The highest BCUT2D eigenvalue weighted by Crippen LogP contribution is 2.32. The van der Waals surface area contributed by atoms with Gasteiger partial charge in [-0.1, -0.05) is 30.4 Å². The van der Waals surface area contributed by atoms with Crippen LogP contribution in [0, 0.1) is 0 Å². The van der Waals surface area contributed by atoms with Gasteiger partial charge in [0.15, 0.2) is 0 Å². The van der Waals surface area contributed by atoms with Crippen LogP contribution < -0.4 is 10.0 Å². The van der Waals surface area contributed by atoms with Gasteiger partial charge in [-0.05, 0) is 44.9 Å². The molecule has 0 saturated carbocycles. The second-order valence-corrected chi connectivity index (χ2v) is 8.70. The molecule has 6 nitrogen and oxygen atoms in total. The van der Waals surface area contributed by atoms with Crippen LogP contribution in [-0.2, 0) is 14.8 Å². The minimum Gasteiger partial charge on any atom is -0.444 e. The topological polar surface area (TPSA) is 84.5 Å². The first-order valence-electron chi connectivity index (χ1n) is 7.98. The third-order valence-electron chi connectivity index (χ3n) is 3.37. The quantitative estimate of drug-likeness (QED) is 0.856. The molecular weight excluding hydrogens is 340 g/mol. The molecule has 1 aliphatic rings. The molecule has 1 amide bonds. The standard InChI is InChI=1S/C18H24N2O4S/c1-18(2,3)24-17(21)19-14-9-7-8-13(12-14)15-10-5-6-11-16(15)20-25(4,22)23/h5-7,9-13,20H,8H2,1-4H3,(H,19,21). The summed E-state index contributed by atoms with van der Waals surface area (Å²) in [5.41, 5.74) is 1.44. The number of ether oxygens (including phenoxy) is 1. The van der Waals surface area contributed by atoms with E-state index >= 15 is 0 Å². The minimum absolute atomic E-state index is 0.0552. The molecule has 7 heteroatoms. The zero-order chi connectivity index (χ0) is 18.7. The van der Waals surface area contributed by atoms with Crippen molar-refractivity contribution in [3.8, 4) is 0 Å². The van der Waals surface area contributed by atoms with Crippen LogP contribution in [0.4, 0.5) is 10.5 Å². The molecule has 0 fully saturated rings. The number of para-hydroxylation sites is 1. The van der Waals surface area contributed by atoms with Gasteiger partial charge >= 0.3 is 6.09 Å². The number of carbonyl (C=O) groups excluding carboxylic acids is 1. The lowest BCUT2D eigenvalue weighted by Crippen LogP contribution is -2.32. The van der Waals surface area contributed by atoms with Gasteiger partial charge in [0.1, 0.15) is 5.60 Å². The van der Waals surface area contributed by atoms with Crippen LogP contribution in [-0.4, -0.2) is 26.4 Å². The summed E-state index contributed by atoms with van der Waals surface area (Å²) in [6, 6.07) is 7.23. The first-order chi connectivity index (χ1) is 11.5. The Morgan fingerprint density at radius 1 is 1.24 bits per heavy atom. The fraction of sp³-hybridized carbons (Fsp3) is 0.389. The minimum atomic E-state index is -3.37. The van der Waals surface area contributed by atoms with Gasteiger partial charge in [0.25, 0.3) is 0 Å². The lowest BCUT2D eigenvalue weighted by Gasteiger charge is -2.23. The van der Waals surface area contributed by atoms with Crippen molar-refractivity contribution in [2.45, 2.75) is 38.7 Å². The molecule has 136 valence electrons. The van der Waals surface area contributed by atoms with Crippen LogP contribution in [0.5, 0.6) is 0 Å². The Morgan fingerprint density at radius 2 is 1.92 bits per heavy atom. The molecule has 1 unspecified atom stereocenters. The lowest BCUT2D eigenvalue weighted by atomic mass is 9.90. The Balaban J connectivity index is 2.20. The second-order valence-electron chi connectivity index (χ2n) is 6.95. The van der Waals surface area contributed by atoms with Crippen LogP contribution in [0.25, 0.3) is 0 Å². The highest BCUT2D eigenvalue weighted by atomic mass is 32.2. The molecule has 1 aromatic carbocycles. The molecule has 25 heavy (non-hydrogen) atoms. The molecule has 0 aliphatic heterocycles. The molecule has 0 bridgehead atoms. The highest BCUT2D eigenvalue weighted by Gasteiger charge is 2.20. The third kappa shape index (κ3) is 6.26. The van der Waals surface area contributed by atoms with Crippen molar-refractivity contribution in [1.29, 1.82) is 0 Å². The SMILES string of the molecule is CC(C)(C)OC(=O)NC1=CC(c2ccccc2NS(C)(=O)=O)CC=C1. The van der Waals surface area contributed by atoms with Gasteiger partial charge in [0, 0.05) is 11.6 Å². The van der Waals surface area contributed by atoms with E-state index in [0.29, 0.717) is 17.8 Å². The van der Waals surface area contributed by atoms with Gasteiger partial charge in [-0.25, -0.2) is 13.2 Å². The first kappa shape index (κ1) is 19.1. The summed E-state index contributed by atoms with van der Waals surface area (Å²) in [6.07, 6.45) is 6.96. The van der Waals surface area contributed by atoms with Crippen molar-refractivity contribution < 1.29 is 17.9 Å². The monoisotopic (exact) mass is 364 g/mol. The normalized spacial score (nSPS) is 17.6. The van der Waals surface area contributed by atoms with Crippen molar-refractivity contribution in [3.63, 3.8) is 0 Å². The molecule has 0 spiro atoms. The second kappa shape index (κ2) is 7.31. The van der Waals surface area contributed by atoms with Crippen molar-refractivity contribution in [2.24, 2.45) is 0 Å². The van der Waals surface area contributed by atoms with E-state index in [4.69, 9.17) is 4.74 Å². The summed E-state index contributed by atoms with van der Waals surface area (Å²) in [5, 5.41) is 2.72. The van der Waals surface area contributed by atoms with E-state index in [1.54, 1.807) is 32.9 Å². The molecule has 0 heterocycles. The Bertz CT molecular complexity index is 805. The fourth-order valence-electron chi connectivity index (χ4n) is 2.52. The summed E-state index contributed by atoms with van der Waals surface area (Å²) in [5.74, 6) is -0.0552. The van der Waals surface area contributed by atoms with Gasteiger partial charge in [-0.2, -0.15) is 0 Å². The molecule has 0 saturated heterocycles. The summed E-state index contributed by atoms with van der Waals surface area (Å²) < 4.78 is 30.9. The van der Waals surface area contributed by atoms with Crippen LogP contribution in [0.3, 0.4) is 0 Å². The summed E-state index contributed by atoms with van der Waals surface area (Å²) in [6.45, 7) is 5.40. The fourth-order valence-corrected chi connectivity index (χ4v) is 3.10. The van der Waals surface area contributed by atoms with Gasteiger partial charge < -0.3 is 4.74 Å². The Morgan fingerprint density at radius 3 is 2.56 bits per heavy atom. The largest absolute Gasteiger partial charge is 0.444 e. The molecule has 2 rings (SSSR count). The maximum atomic E-state index is 11.9. The zero-order valence-corrected chi connectivity index (χ0v) is 15.7. The number of sulfonamides is 1. The van der Waals surface area contributed by atoms with Crippen LogP contribution in [0.1, 0.15) is 38.7 Å². The Labute approximate surface area is 149 Å². The van der Waals surface area contributed by atoms with E-state index in [0.717, 1.165) is 11.8 Å². The average Bonchev–Trinajstić information content (AvgIpc) is 2.44. The van der Waals surface area contributed by atoms with Crippen molar-refractivity contribution >= 4 is 21.8 Å². The van der Waals surface area contributed by atoms with E-state index in [9.17, 15) is 13.2 Å². The number of rotatable bonds is 4. The van der Waals surface area contributed by atoms with E-state index in [1.165, 1.54) is 0 Å². The summed E-state index contributed by atoms with van der Waals surface area (Å²) in [4.78, 5) is 11.9. The van der Waals surface area contributed by atoms with Gasteiger partial charge in [0.05, 0.1) is 11.9 Å². The molecule has 1 atom stereocenters. The van der Waals surface area contributed by atoms with Gasteiger partial charge in [0.2, 0.25) is 10.0 Å². The number of hydrogen-bond donors (Lipinski definition) is 2. The number of nitrogens with one attached hydrogen (secondary N) is 2. The zero-order valence-electron chi connectivity index (χ0n) is 14.9. The number of hydrogen-bond acceptors (Lipinski definition) is 4. The van der Waals surface area contributed by atoms with E-state index in [-0.39, 0.29) is 5.92 Å². The molecule has 0 radical (unpaired) electrons. The number of benzene rings is 1. The predicted molar refractivity (Wildman–Crippen MR) is 98.9 cm³/mol. The number of carbonyl (C=O) groups is 1. The average molecular weight is 364 g/mol. The lowest BCUT2D eigenvalue weighted by molar-refractivity contribution is 0.0547. The van der Waals surface area contributed by atoms with E-state index in [2.05, 4.69) is 10.0 Å². The Hall–Kier alpha value is -2.28. The van der Waals surface area contributed by atoms with Crippen molar-refractivity contribution in [2.75, 3.05) is 11.0 Å². The third-order valence-corrected chi connectivity index (χ3v) is 3.96. The number of alkyl carbamates (subject to hydrolysis) is 1. The highest BCUT2D eigenvalue weighted by molar-refractivity contribution is 7.92. The predicted octanol–water partition coefficient (Wildman–Crippen LogP) is 3.51. The number of allylic oxidation sites excluding steroid dienone is 3. The first-order valence-corrected chi connectivity index (χ1v) is 9.88. The van der Waals surface area contributed by atoms with Crippen LogP contribution >= 0.6 is 0 Å². The van der Waals surface area contributed by atoms with Crippen LogP contribution in [0.15, 0.2) is 48.2 Å². The van der Waals surface area contributed by atoms with Crippen LogP contribution in [0.2, 0.25) is 0 Å². The smallest absolute Gasteiger partial charge is 0.412 e. The molecule has 1 aromatic rings. The summed E-state index contributed by atoms with van der Waals surface area (Å²) >= 11 is 0. The number of anilines is 1. The van der Waals surface area contributed by atoms with Crippen molar-refractivity contribution in [1.82, 2.24) is 5.32 Å². The maximum absolute atomic E-state index is 11.9. The Kier molecular flexibility index (Phi) is 5.57. The van der Waals surface area contributed by atoms with E-state index in [1.807, 2.05) is 30.4 Å². The molecule has 2 N–H and O–H groups in total. The molecular formula is C18H24N2O4S. The molecule has 0 aromatic heterocycles. The van der Waals surface area contributed by atoms with E-state index < -0.39 is 21.7 Å². The van der Waals surface area contributed by atoms with Gasteiger partial charge in [-0.3, -0.25) is 10.0 Å². The maximum Gasteiger partial charge on any atom is 0.412 e. The molecule has 1 aliphatic carbocycles. The van der Waals surface area contributed by atoms with Gasteiger partial charge in [-0.15, -0.1) is 0 Å².